The molecule has 9 nitrogen and oxygen atoms in total. The van der Waals surface area contributed by atoms with Crippen LogP contribution in [0.5, 0.6) is 5.75 Å². The van der Waals surface area contributed by atoms with Gasteiger partial charge in [0.2, 0.25) is 11.7 Å². The number of Topliss-reactive ketones (excluding diaryl/α,β-unsaturated/α-hetero) is 2. The van der Waals surface area contributed by atoms with E-state index in [1.54, 1.807) is 6.07 Å². The first kappa shape index (κ1) is 26.1. The summed E-state index contributed by atoms with van der Waals surface area (Å²) in [5, 5.41) is 42.5. The summed E-state index contributed by atoms with van der Waals surface area (Å²) in [5.41, 5.74) is 5.84. The van der Waals surface area contributed by atoms with Gasteiger partial charge >= 0.3 is 0 Å². The van der Waals surface area contributed by atoms with E-state index in [0.717, 1.165) is 16.7 Å². The van der Waals surface area contributed by atoms with Crippen LogP contribution in [-0.4, -0.2) is 50.1 Å². The van der Waals surface area contributed by atoms with Crippen molar-refractivity contribution in [3.63, 3.8) is 0 Å². The summed E-state index contributed by atoms with van der Waals surface area (Å²) in [6.07, 6.45) is -0.494. The molecule has 9 heteroatoms. The zero-order valence-electron chi connectivity index (χ0n) is 19.5. The number of fused-ring (bicyclic) bond motifs is 2. The van der Waals surface area contributed by atoms with Crippen LogP contribution >= 0.6 is 0 Å². The standard InChI is InChI=1S/C26H27NO7.H3N/c1-13-2-4-14(5-3-13)17-6-7-19(29)23-18(17)11-15-10-16(8-9-28)26(34,20(30)12-21(27)31)25(33)22(15)24(23)32;/h2-7,15-16,28-29,32,34H,8-12H2,1H3,(H2,27,31);1H3/t15-,16-,26-;/m1./s1. The molecule has 4 rings (SSSR count). The molecule has 0 spiro atoms. The number of carbonyl (C=O) groups is 3. The highest BCUT2D eigenvalue weighted by molar-refractivity contribution is 6.23. The van der Waals surface area contributed by atoms with Gasteiger partial charge in [0.05, 0.1) is 12.0 Å². The number of aryl methyl sites for hydroxylation is 1. The van der Waals surface area contributed by atoms with E-state index >= 15 is 0 Å². The molecule has 0 unspecified atom stereocenters. The van der Waals surface area contributed by atoms with Crippen LogP contribution in [0.15, 0.2) is 42.0 Å². The van der Waals surface area contributed by atoms with E-state index in [-0.39, 0.29) is 48.9 Å². The van der Waals surface area contributed by atoms with Crippen molar-refractivity contribution in [2.75, 3.05) is 6.61 Å². The van der Waals surface area contributed by atoms with Crippen molar-refractivity contribution in [3.8, 4) is 16.9 Å². The second-order valence-electron chi connectivity index (χ2n) is 9.12. The first-order valence-corrected chi connectivity index (χ1v) is 11.1. The van der Waals surface area contributed by atoms with Crippen LogP contribution in [0.2, 0.25) is 0 Å². The summed E-state index contributed by atoms with van der Waals surface area (Å²) in [4.78, 5) is 37.6. The number of hydrogen-bond acceptors (Lipinski definition) is 8. The average Bonchev–Trinajstić information content (AvgIpc) is 2.77. The van der Waals surface area contributed by atoms with Gasteiger partial charge in [0, 0.05) is 18.1 Å². The fraction of sp³-hybridized carbons (Fsp3) is 0.346. The second kappa shape index (κ2) is 9.61. The van der Waals surface area contributed by atoms with Gasteiger partial charge in [-0.1, -0.05) is 35.9 Å². The number of benzene rings is 2. The predicted octanol–water partition coefficient (Wildman–Crippen LogP) is 2.12. The third kappa shape index (κ3) is 4.22. The van der Waals surface area contributed by atoms with Crippen molar-refractivity contribution in [1.82, 2.24) is 6.15 Å². The predicted molar refractivity (Wildman–Crippen MR) is 129 cm³/mol. The molecule has 0 bridgehead atoms. The van der Waals surface area contributed by atoms with Gasteiger partial charge in [0.1, 0.15) is 11.5 Å². The highest BCUT2D eigenvalue weighted by Gasteiger charge is 2.57. The van der Waals surface area contributed by atoms with Gasteiger partial charge in [-0.05, 0) is 54.9 Å². The third-order valence-corrected chi connectivity index (χ3v) is 6.99. The number of phenolic OH excluding ortho intramolecular Hbond substituents is 1. The molecule has 0 aliphatic heterocycles. The molecule has 3 atom stereocenters. The molecule has 2 aromatic rings. The Labute approximate surface area is 202 Å². The Morgan fingerprint density at radius 1 is 1.11 bits per heavy atom. The maximum Gasteiger partial charge on any atom is 0.225 e. The first-order valence-electron chi connectivity index (χ1n) is 11.1. The Balaban J connectivity index is 0.00000342. The zero-order valence-corrected chi connectivity index (χ0v) is 19.5. The van der Waals surface area contributed by atoms with Gasteiger partial charge in [-0.15, -0.1) is 0 Å². The van der Waals surface area contributed by atoms with Crippen LogP contribution in [-0.2, 0) is 20.8 Å². The van der Waals surface area contributed by atoms with Gasteiger partial charge in [0.25, 0.3) is 0 Å². The summed E-state index contributed by atoms with van der Waals surface area (Å²) in [7, 11) is 0. The van der Waals surface area contributed by atoms with Crippen molar-refractivity contribution in [2.45, 2.75) is 38.2 Å². The van der Waals surface area contributed by atoms with Gasteiger partial charge in [-0.3, -0.25) is 14.4 Å². The minimum Gasteiger partial charge on any atom is -0.507 e. The van der Waals surface area contributed by atoms with Gasteiger partial charge < -0.3 is 32.3 Å². The fourth-order valence-corrected chi connectivity index (χ4v) is 5.32. The van der Waals surface area contributed by atoms with E-state index in [2.05, 4.69) is 0 Å². The van der Waals surface area contributed by atoms with E-state index in [0.29, 0.717) is 5.56 Å². The summed E-state index contributed by atoms with van der Waals surface area (Å²) in [6.45, 7) is 1.58. The normalized spacial score (nSPS) is 23.2. The number of aliphatic hydroxyl groups excluding tert-OH is 2. The van der Waals surface area contributed by atoms with Crippen LogP contribution in [0.1, 0.15) is 36.0 Å². The quantitative estimate of drug-likeness (QED) is 0.337. The average molecular weight is 483 g/mol. The van der Waals surface area contributed by atoms with Gasteiger partial charge in [-0.25, -0.2) is 0 Å². The number of aliphatic hydroxyl groups is 3. The van der Waals surface area contributed by atoms with Crippen LogP contribution < -0.4 is 11.9 Å². The van der Waals surface area contributed by atoms with E-state index in [1.807, 2.05) is 31.2 Å². The van der Waals surface area contributed by atoms with Crippen molar-refractivity contribution in [3.05, 3.63) is 58.7 Å². The van der Waals surface area contributed by atoms with Crippen molar-refractivity contribution < 1.29 is 34.8 Å². The van der Waals surface area contributed by atoms with Crippen molar-refractivity contribution >= 4 is 23.2 Å². The largest absolute Gasteiger partial charge is 0.507 e. The maximum absolute atomic E-state index is 13.5. The summed E-state index contributed by atoms with van der Waals surface area (Å²) in [6, 6.07) is 10.9. The first-order chi connectivity index (χ1) is 16.1. The molecule has 186 valence electrons. The Morgan fingerprint density at radius 3 is 2.37 bits per heavy atom. The SMILES string of the molecule is Cc1ccc(-c2ccc(O)c3c2C[C@H]2C[C@@H](CCO)[C@@](O)(C(=O)CC(N)=O)C(=O)C2=C3O)cc1.N. The number of amides is 1. The number of carbonyl (C=O) groups excluding carboxylic acids is 3. The van der Waals surface area contributed by atoms with Crippen LogP contribution in [0, 0.1) is 18.8 Å². The van der Waals surface area contributed by atoms with Crippen molar-refractivity contribution in [2.24, 2.45) is 17.6 Å². The molecule has 0 radical (unpaired) electrons. The number of rotatable bonds is 6. The monoisotopic (exact) mass is 482 g/mol. The molecule has 0 saturated heterocycles. The minimum absolute atomic E-state index is 0. The molecule has 2 aliphatic rings. The highest BCUT2D eigenvalue weighted by atomic mass is 16.3. The highest BCUT2D eigenvalue weighted by Crippen LogP contribution is 2.50. The number of nitrogens with two attached hydrogens (primary N) is 1. The van der Waals surface area contributed by atoms with Crippen molar-refractivity contribution in [1.29, 1.82) is 0 Å². The lowest BCUT2D eigenvalue weighted by atomic mass is 9.61. The lowest BCUT2D eigenvalue weighted by molar-refractivity contribution is -0.159. The Bertz CT molecular complexity index is 1220. The Hall–Kier alpha value is -3.53. The molecule has 2 aromatic carbocycles. The molecule has 0 heterocycles. The molecule has 0 aromatic heterocycles. The summed E-state index contributed by atoms with van der Waals surface area (Å²) in [5.74, 6) is -5.31. The van der Waals surface area contributed by atoms with E-state index in [4.69, 9.17) is 5.73 Å². The van der Waals surface area contributed by atoms with E-state index in [9.17, 15) is 34.8 Å². The van der Waals surface area contributed by atoms with Crippen LogP contribution in [0.3, 0.4) is 0 Å². The Kier molecular flexibility index (Phi) is 7.16. The molecule has 35 heavy (non-hydrogen) atoms. The summed E-state index contributed by atoms with van der Waals surface area (Å²) < 4.78 is 0. The van der Waals surface area contributed by atoms with E-state index in [1.165, 1.54) is 6.07 Å². The third-order valence-electron chi connectivity index (χ3n) is 6.99. The van der Waals surface area contributed by atoms with E-state index < -0.39 is 47.1 Å². The molecule has 1 amide bonds. The number of ketones is 2. The van der Waals surface area contributed by atoms with Crippen LogP contribution in [0.4, 0.5) is 0 Å². The van der Waals surface area contributed by atoms with Gasteiger partial charge in [-0.2, -0.15) is 0 Å². The molecule has 1 saturated carbocycles. The lowest BCUT2D eigenvalue weighted by Gasteiger charge is -2.43. The lowest BCUT2D eigenvalue weighted by Crippen LogP contribution is -2.59. The molecular weight excluding hydrogens is 452 g/mol. The van der Waals surface area contributed by atoms with Gasteiger partial charge in [0.15, 0.2) is 11.4 Å². The molecular formula is C26H30N2O7. The smallest absolute Gasteiger partial charge is 0.225 e. The number of phenols is 1. The Morgan fingerprint density at radius 2 is 1.77 bits per heavy atom. The zero-order chi connectivity index (χ0) is 24.8. The fourth-order valence-electron chi connectivity index (χ4n) is 5.32. The molecule has 2 aliphatic carbocycles. The molecule has 1 fully saturated rings. The topological polar surface area (TPSA) is 193 Å². The summed E-state index contributed by atoms with van der Waals surface area (Å²) >= 11 is 0. The molecule has 9 N–H and O–H groups in total. The number of primary amides is 1. The second-order valence-corrected chi connectivity index (χ2v) is 9.12. The number of aromatic hydroxyl groups is 1. The minimum atomic E-state index is -2.60. The maximum atomic E-state index is 13.5. The number of hydrogen-bond donors (Lipinski definition) is 6. The van der Waals surface area contributed by atoms with Crippen LogP contribution in [0.25, 0.3) is 16.9 Å².